The monoisotopic (exact) mass is 327 g/mol. The first kappa shape index (κ1) is 18.1. The number of hydroxylamine groups is 2. The topological polar surface area (TPSA) is 12.5 Å². The molecule has 0 amide bonds. The molecule has 2 nitrogen and oxygen atoms in total. The summed E-state index contributed by atoms with van der Waals surface area (Å²) in [5, 5.41) is 0.634. The van der Waals surface area contributed by atoms with Gasteiger partial charge in [0.05, 0.1) is 0 Å². The van der Waals surface area contributed by atoms with Gasteiger partial charge in [0.2, 0.25) is 8.32 Å². The van der Waals surface area contributed by atoms with E-state index in [-0.39, 0.29) is 5.56 Å². The Hall–Kier alpha value is -0.993. The van der Waals surface area contributed by atoms with E-state index in [1.165, 1.54) is 24.3 Å². The third-order valence-corrected chi connectivity index (χ3v) is 3.45. The molecule has 0 aliphatic heterocycles. The number of hydrogen-bond donors (Lipinski definition) is 0. The van der Waals surface area contributed by atoms with Crippen molar-refractivity contribution in [2.75, 3.05) is 7.05 Å². The zero-order valence-corrected chi connectivity index (χ0v) is 13.2. The summed E-state index contributed by atoms with van der Waals surface area (Å²) < 4.78 is 71.3. The number of nitrogens with zero attached hydrogens (tertiary/aromatic N) is 1. The Bertz CT molecular complexity index is 458. The van der Waals surface area contributed by atoms with Crippen molar-refractivity contribution < 1.29 is 26.5 Å². The Kier molecular flexibility index (Phi) is 5.17. The Morgan fingerprint density at radius 3 is 1.86 bits per heavy atom. The van der Waals surface area contributed by atoms with Gasteiger partial charge in [-0.25, -0.2) is 0 Å². The summed E-state index contributed by atoms with van der Waals surface area (Å²) in [6.45, 7) is 5.12. The van der Waals surface area contributed by atoms with Crippen LogP contribution >= 0.6 is 0 Å². The molecule has 0 aromatic heterocycles. The lowest BCUT2D eigenvalue weighted by atomic mass is 10.00. The van der Waals surface area contributed by atoms with Gasteiger partial charge in [-0.1, -0.05) is 30.3 Å². The van der Waals surface area contributed by atoms with E-state index in [2.05, 4.69) is 0 Å². The summed E-state index contributed by atoms with van der Waals surface area (Å²) in [4.78, 5) is 0. The van der Waals surface area contributed by atoms with Crippen molar-refractivity contribution in [3.05, 3.63) is 35.9 Å². The second kappa shape index (κ2) is 6.02. The highest BCUT2D eigenvalue weighted by Crippen LogP contribution is 2.47. The van der Waals surface area contributed by atoms with E-state index >= 15 is 0 Å². The maximum atomic E-state index is 13.9. The van der Waals surface area contributed by atoms with Gasteiger partial charge in [-0.2, -0.15) is 27.0 Å². The van der Waals surface area contributed by atoms with Crippen LogP contribution in [0.3, 0.4) is 0 Å². The molecule has 0 aliphatic carbocycles. The van der Waals surface area contributed by atoms with E-state index in [0.717, 1.165) is 7.05 Å². The second-order valence-electron chi connectivity index (χ2n) is 5.68. The van der Waals surface area contributed by atoms with Gasteiger partial charge in [-0.15, -0.1) is 0 Å². The fourth-order valence-corrected chi connectivity index (χ4v) is 2.89. The molecule has 1 atom stereocenters. The van der Waals surface area contributed by atoms with E-state index in [1.807, 2.05) is 0 Å². The fourth-order valence-electron chi connectivity index (χ4n) is 1.92. The number of alkyl halides is 5. The number of rotatable bonds is 5. The molecule has 1 unspecified atom stereocenters. The number of halogens is 5. The van der Waals surface area contributed by atoms with Gasteiger partial charge in [0, 0.05) is 7.05 Å². The SMILES string of the molecule is CN(O[Si](C)(C)C)C(c1ccccc1)C(F)(F)C(F)(F)F. The molecule has 0 N–H and O–H groups in total. The molecular formula is C13H18F5NOSi. The van der Waals surface area contributed by atoms with Crippen molar-refractivity contribution in [1.82, 2.24) is 5.06 Å². The molecule has 0 fully saturated rings. The lowest BCUT2D eigenvalue weighted by Crippen LogP contribution is -2.50. The van der Waals surface area contributed by atoms with Crippen LogP contribution in [0.25, 0.3) is 0 Å². The van der Waals surface area contributed by atoms with Crippen LogP contribution in [0.4, 0.5) is 22.0 Å². The first-order chi connectivity index (χ1) is 9.36. The minimum Gasteiger partial charge on any atom is -0.343 e. The largest absolute Gasteiger partial charge is 0.455 e. The molecule has 0 saturated heterocycles. The van der Waals surface area contributed by atoms with Gasteiger partial charge in [0.1, 0.15) is 6.04 Å². The standard InChI is InChI=1S/C13H18F5NOSi/c1-19(20-21(2,3)4)11(10-8-6-5-7-9-10)12(14,15)13(16,17)18/h5-9,11H,1-4H3. The molecule has 0 bridgehead atoms. The molecule has 8 heteroatoms. The maximum absolute atomic E-state index is 13.9. The molecule has 21 heavy (non-hydrogen) atoms. The summed E-state index contributed by atoms with van der Waals surface area (Å²) in [6, 6.07) is 4.60. The quantitative estimate of drug-likeness (QED) is 0.444. The minimum absolute atomic E-state index is 0.152. The van der Waals surface area contributed by atoms with E-state index < -0.39 is 26.5 Å². The smallest absolute Gasteiger partial charge is 0.343 e. The Morgan fingerprint density at radius 1 is 1.00 bits per heavy atom. The summed E-state index contributed by atoms with van der Waals surface area (Å²) in [5.41, 5.74) is -0.152. The predicted molar refractivity (Wildman–Crippen MR) is 72.4 cm³/mol. The van der Waals surface area contributed by atoms with Crippen LogP contribution in [0, 0.1) is 0 Å². The van der Waals surface area contributed by atoms with Crippen molar-refractivity contribution in [2.45, 2.75) is 37.8 Å². The third-order valence-electron chi connectivity index (χ3n) is 2.62. The Balaban J connectivity index is 3.25. The molecule has 1 aromatic carbocycles. The van der Waals surface area contributed by atoms with Gasteiger partial charge in [-0.05, 0) is 25.2 Å². The van der Waals surface area contributed by atoms with Gasteiger partial charge < -0.3 is 4.53 Å². The summed E-state index contributed by atoms with van der Waals surface area (Å²) in [5.74, 6) is -4.93. The van der Waals surface area contributed by atoms with Crippen LogP contribution in [0.2, 0.25) is 19.6 Å². The zero-order chi connectivity index (χ0) is 16.5. The van der Waals surface area contributed by atoms with Crippen LogP contribution in [0.1, 0.15) is 11.6 Å². The first-order valence-corrected chi connectivity index (χ1v) is 9.68. The van der Waals surface area contributed by atoms with Crippen LogP contribution < -0.4 is 0 Å². The number of benzene rings is 1. The van der Waals surface area contributed by atoms with Crippen LogP contribution in [0.5, 0.6) is 0 Å². The van der Waals surface area contributed by atoms with E-state index in [1.54, 1.807) is 25.7 Å². The predicted octanol–water partition coefficient (Wildman–Crippen LogP) is 4.62. The summed E-state index contributed by atoms with van der Waals surface area (Å²) in [7, 11) is -1.22. The van der Waals surface area contributed by atoms with Crippen molar-refractivity contribution >= 4 is 8.32 Å². The Morgan fingerprint density at radius 2 is 1.48 bits per heavy atom. The average molecular weight is 327 g/mol. The van der Waals surface area contributed by atoms with Crippen LogP contribution in [0.15, 0.2) is 30.3 Å². The minimum atomic E-state index is -5.66. The maximum Gasteiger partial charge on any atom is 0.455 e. The van der Waals surface area contributed by atoms with Crippen molar-refractivity contribution in [2.24, 2.45) is 0 Å². The second-order valence-corrected chi connectivity index (χ2v) is 10.1. The molecule has 120 valence electrons. The highest BCUT2D eigenvalue weighted by molar-refractivity contribution is 6.69. The van der Waals surface area contributed by atoms with E-state index in [9.17, 15) is 22.0 Å². The van der Waals surface area contributed by atoms with Crippen LogP contribution in [-0.4, -0.2) is 32.5 Å². The molecule has 0 radical (unpaired) electrons. The average Bonchev–Trinajstić information content (AvgIpc) is 2.25. The molecule has 0 spiro atoms. The fraction of sp³-hybridized carbons (Fsp3) is 0.538. The van der Waals surface area contributed by atoms with Crippen LogP contribution in [-0.2, 0) is 4.53 Å². The lowest BCUT2D eigenvalue weighted by molar-refractivity contribution is -0.322. The van der Waals surface area contributed by atoms with E-state index in [4.69, 9.17) is 4.53 Å². The molecule has 1 rings (SSSR count). The van der Waals surface area contributed by atoms with Gasteiger partial charge in [-0.3, -0.25) is 0 Å². The van der Waals surface area contributed by atoms with Crippen molar-refractivity contribution in [1.29, 1.82) is 0 Å². The van der Waals surface area contributed by atoms with E-state index in [0.29, 0.717) is 5.06 Å². The third kappa shape index (κ3) is 4.49. The summed E-state index contributed by atoms with van der Waals surface area (Å²) >= 11 is 0. The highest BCUT2D eigenvalue weighted by Gasteiger charge is 2.64. The number of hydrogen-bond acceptors (Lipinski definition) is 2. The molecule has 0 saturated carbocycles. The van der Waals surface area contributed by atoms with Crippen molar-refractivity contribution in [3.8, 4) is 0 Å². The Labute approximate surface area is 121 Å². The van der Waals surface area contributed by atoms with Gasteiger partial charge in [0.15, 0.2) is 0 Å². The first-order valence-electron chi connectivity index (χ1n) is 6.28. The van der Waals surface area contributed by atoms with Crippen molar-refractivity contribution in [3.63, 3.8) is 0 Å². The zero-order valence-electron chi connectivity index (χ0n) is 12.2. The lowest BCUT2D eigenvalue weighted by Gasteiger charge is -2.37. The molecule has 1 aromatic rings. The molecule has 0 aliphatic rings. The molecule has 0 heterocycles. The molecular weight excluding hydrogens is 309 g/mol. The summed E-state index contributed by atoms with van der Waals surface area (Å²) in [6.07, 6.45) is -5.66. The normalized spacial score (nSPS) is 15.3. The highest BCUT2D eigenvalue weighted by atomic mass is 28.4. The van der Waals surface area contributed by atoms with Gasteiger partial charge >= 0.3 is 12.1 Å². The van der Waals surface area contributed by atoms with Gasteiger partial charge in [0.25, 0.3) is 0 Å².